The maximum atomic E-state index is 5.41. The van der Waals surface area contributed by atoms with Crippen LogP contribution in [0.15, 0.2) is 30.3 Å². The van der Waals surface area contributed by atoms with Crippen molar-refractivity contribution in [2.75, 3.05) is 19.0 Å². The monoisotopic (exact) mass is 273 g/mol. The van der Waals surface area contributed by atoms with Gasteiger partial charge in [0.25, 0.3) is 0 Å². The quantitative estimate of drug-likeness (QED) is 0.877. The number of para-hydroxylation sites is 1. The third-order valence-corrected chi connectivity index (χ3v) is 2.76. The molecule has 0 bridgehead atoms. The van der Waals surface area contributed by atoms with E-state index in [0.29, 0.717) is 24.9 Å². The Hall–Kier alpha value is -2.30. The first-order chi connectivity index (χ1) is 9.72. The SMILES string of the molecule is CCOc1cc(NCc2ccccc2OC)nc(C)n1. The maximum Gasteiger partial charge on any atom is 0.218 e. The van der Waals surface area contributed by atoms with E-state index in [1.165, 1.54) is 0 Å². The summed E-state index contributed by atoms with van der Waals surface area (Å²) in [4.78, 5) is 8.56. The second kappa shape index (κ2) is 6.75. The summed E-state index contributed by atoms with van der Waals surface area (Å²) in [7, 11) is 1.67. The Balaban J connectivity index is 2.10. The van der Waals surface area contributed by atoms with Gasteiger partial charge in [0.2, 0.25) is 5.88 Å². The Morgan fingerprint density at radius 1 is 1.20 bits per heavy atom. The van der Waals surface area contributed by atoms with E-state index in [0.717, 1.165) is 17.1 Å². The number of benzene rings is 1. The number of ether oxygens (including phenoxy) is 2. The predicted octanol–water partition coefficient (Wildman–Crippen LogP) is 2.80. The molecule has 0 atom stereocenters. The van der Waals surface area contributed by atoms with E-state index in [2.05, 4.69) is 15.3 Å². The van der Waals surface area contributed by atoms with Crippen molar-refractivity contribution in [3.8, 4) is 11.6 Å². The van der Waals surface area contributed by atoms with Gasteiger partial charge in [-0.3, -0.25) is 0 Å². The molecule has 1 aromatic heterocycles. The first-order valence-electron chi connectivity index (χ1n) is 6.57. The minimum atomic E-state index is 0.586. The molecule has 0 unspecified atom stereocenters. The lowest BCUT2D eigenvalue weighted by Crippen LogP contribution is -2.06. The van der Waals surface area contributed by atoms with Crippen LogP contribution in [0.5, 0.6) is 11.6 Å². The summed E-state index contributed by atoms with van der Waals surface area (Å²) in [6.45, 7) is 4.99. The number of nitrogens with zero attached hydrogens (tertiary/aromatic N) is 2. The van der Waals surface area contributed by atoms with Crippen molar-refractivity contribution >= 4 is 5.82 Å². The molecule has 5 heteroatoms. The summed E-state index contributed by atoms with van der Waals surface area (Å²) >= 11 is 0. The molecule has 0 amide bonds. The zero-order valence-electron chi connectivity index (χ0n) is 12.0. The molecule has 0 fully saturated rings. The molecule has 20 heavy (non-hydrogen) atoms. The van der Waals surface area contributed by atoms with Crippen molar-refractivity contribution in [3.05, 3.63) is 41.7 Å². The average Bonchev–Trinajstić information content (AvgIpc) is 2.45. The minimum Gasteiger partial charge on any atom is -0.496 e. The molecule has 106 valence electrons. The second-order valence-corrected chi connectivity index (χ2v) is 4.24. The van der Waals surface area contributed by atoms with Gasteiger partial charge in [-0.05, 0) is 19.9 Å². The van der Waals surface area contributed by atoms with Crippen molar-refractivity contribution < 1.29 is 9.47 Å². The van der Waals surface area contributed by atoms with Crippen molar-refractivity contribution in [2.45, 2.75) is 20.4 Å². The fraction of sp³-hybridized carbons (Fsp3) is 0.333. The summed E-state index contributed by atoms with van der Waals surface area (Å²) in [6.07, 6.45) is 0. The molecule has 0 aliphatic rings. The van der Waals surface area contributed by atoms with Crippen LogP contribution in [0.25, 0.3) is 0 Å². The van der Waals surface area contributed by atoms with E-state index in [9.17, 15) is 0 Å². The van der Waals surface area contributed by atoms with Gasteiger partial charge in [0.15, 0.2) is 0 Å². The number of rotatable bonds is 6. The number of aromatic nitrogens is 2. The summed E-state index contributed by atoms with van der Waals surface area (Å²) in [5.74, 6) is 2.86. The fourth-order valence-corrected chi connectivity index (χ4v) is 1.89. The summed E-state index contributed by atoms with van der Waals surface area (Å²) in [5, 5.41) is 3.26. The highest BCUT2D eigenvalue weighted by Gasteiger charge is 2.05. The number of hydrogen-bond acceptors (Lipinski definition) is 5. The molecule has 0 aliphatic carbocycles. The Bertz CT molecular complexity index is 573. The van der Waals surface area contributed by atoms with Gasteiger partial charge in [-0.1, -0.05) is 18.2 Å². The smallest absolute Gasteiger partial charge is 0.218 e. The normalized spacial score (nSPS) is 10.2. The van der Waals surface area contributed by atoms with Crippen molar-refractivity contribution in [1.82, 2.24) is 9.97 Å². The van der Waals surface area contributed by atoms with Crippen LogP contribution in [-0.2, 0) is 6.54 Å². The van der Waals surface area contributed by atoms with Gasteiger partial charge < -0.3 is 14.8 Å². The van der Waals surface area contributed by atoms with Gasteiger partial charge in [0, 0.05) is 18.2 Å². The minimum absolute atomic E-state index is 0.586. The molecule has 0 radical (unpaired) electrons. The van der Waals surface area contributed by atoms with E-state index in [-0.39, 0.29) is 0 Å². The fourth-order valence-electron chi connectivity index (χ4n) is 1.89. The Kier molecular flexibility index (Phi) is 4.76. The lowest BCUT2D eigenvalue weighted by atomic mass is 10.2. The zero-order chi connectivity index (χ0) is 14.4. The first kappa shape index (κ1) is 14.1. The van der Waals surface area contributed by atoms with Crippen LogP contribution in [-0.4, -0.2) is 23.7 Å². The lowest BCUT2D eigenvalue weighted by Gasteiger charge is -2.11. The van der Waals surface area contributed by atoms with Gasteiger partial charge in [0.05, 0.1) is 13.7 Å². The number of aryl methyl sites for hydroxylation is 1. The summed E-state index contributed by atoms with van der Waals surface area (Å²) in [6, 6.07) is 9.68. The topological polar surface area (TPSA) is 56.3 Å². The van der Waals surface area contributed by atoms with Gasteiger partial charge in [-0.25, -0.2) is 4.98 Å². The highest BCUT2D eigenvalue weighted by molar-refractivity contribution is 5.42. The third-order valence-electron chi connectivity index (χ3n) is 2.76. The largest absolute Gasteiger partial charge is 0.496 e. The standard InChI is InChI=1S/C15H19N3O2/c1-4-20-15-9-14(17-11(2)18-15)16-10-12-7-5-6-8-13(12)19-3/h5-9H,4,10H2,1-3H3,(H,16,17,18). The number of nitrogens with one attached hydrogen (secondary N) is 1. The second-order valence-electron chi connectivity index (χ2n) is 4.24. The molecule has 0 aliphatic heterocycles. The summed E-state index contributed by atoms with van der Waals surface area (Å²) in [5.41, 5.74) is 1.07. The van der Waals surface area contributed by atoms with E-state index in [4.69, 9.17) is 9.47 Å². The molecule has 0 saturated heterocycles. The highest BCUT2D eigenvalue weighted by Crippen LogP contribution is 2.19. The van der Waals surface area contributed by atoms with E-state index in [1.54, 1.807) is 13.2 Å². The molecule has 5 nitrogen and oxygen atoms in total. The van der Waals surface area contributed by atoms with E-state index < -0.39 is 0 Å². The molecule has 1 N–H and O–H groups in total. The van der Waals surface area contributed by atoms with Gasteiger partial charge in [-0.15, -0.1) is 0 Å². The maximum absolute atomic E-state index is 5.41. The van der Waals surface area contributed by atoms with E-state index in [1.807, 2.05) is 38.1 Å². The van der Waals surface area contributed by atoms with Crippen molar-refractivity contribution in [3.63, 3.8) is 0 Å². The van der Waals surface area contributed by atoms with Crippen LogP contribution in [0, 0.1) is 6.92 Å². The third kappa shape index (κ3) is 3.60. The molecule has 2 rings (SSSR count). The van der Waals surface area contributed by atoms with Gasteiger partial charge in [0.1, 0.15) is 17.4 Å². The molecule has 0 spiro atoms. The molecular weight excluding hydrogens is 254 g/mol. The Morgan fingerprint density at radius 2 is 2.00 bits per heavy atom. The van der Waals surface area contributed by atoms with Crippen LogP contribution >= 0.6 is 0 Å². The number of hydrogen-bond donors (Lipinski definition) is 1. The van der Waals surface area contributed by atoms with Gasteiger partial charge in [-0.2, -0.15) is 4.98 Å². The molecule has 2 aromatic rings. The summed E-state index contributed by atoms with van der Waals surface area (Å²) < 4.78 is 10.7. The van der Waals surface area contributed by atoms with Crippen LogP contribution < -0.4 is 14.8 Å². The van der Waals surface area contributed by atoms with Crippen LogP contribution in [0.1, 0.15) is 18.3 Å². The number of anilines is 1. The first-order valence-corrected chi connectivity index (χ1v) is 6.57. The number of methoxy groups -OCH3 is 1. The molecular formula is C15H19N3O2. The Morgan fingerprint density at radius 3 is 2.75 bits per heavy atom. The molecule has 1 aromatic carbocycles. The van der Waals surface area contributed by atoms with E-state index >= 15 is 0 Å². The average molecular weight is 273 g/mol. The Labute approximate surface area is 119 Å². The van der Waals surface area contributed by atoms with Crippen LogP contribution in [0.4, 0.5) is 5.82 Å². The van der Waals surface area contributed by atoms with Crippen molar-refractivity contribution in [1.29, 1.82) is 0 Å². The highest BCUT2D eigenvalue weighted by atomic mass is 16.5. The van der Waals surface area contributed by atoms with Gasteiger partial charge >= 0.3 is 0 Å². The predicted molar refractivity (Wildman–Crippen MR) is 78.3 cm³/mol. The molecule has 0 saturated carbocycles. The van der Waals surface area contributed by atoms with Crippen LogP contribution in [0.2, 0.25) is 0 Å². The molecule has 1 heterocycles. The van der Waals surface area contributed by atoms with Crippen molar-refractivity contribution in [2.24, 2.45) is 0 Å². The lowest BCUT2D eigenvalue weighted by molar-refractivity contribution is 0.325. The van der Waals surface area contributed by atoms with Crippen LogP contribution in [0.3, 0.4) is 0 Å². The zero-order valence-corrected chi connectivity index (χ0v) is 12.0.